The Bertz CT molecular complexity index is 465. The fraction of sp³-hybridized carbons (Fsp3) is 0.167. The summed E-state index contributed by atoms with van der Waals surface area (Å²) in [5.74, 6) is 1.26. The fourth-order valence-corrected chi connectivity index (χ4v) is 2.02. The van der Waals surface area contributed by atoms with Crippen LogP contribution >= 0.6 is 15.9 Å². The van der Waals surface area contributed by atoms with Gasteiger partial charge >= 0.3 is 0 Å². The molecular weight excluding hydrogens is 272 g/mol. The zero-order chi connectivity index (χ0) is 11.5. The maximum atomic E-state index is 10.0. The van der Waals surface area contributed by atoms with Gasteiger partial charge in [0.25, 0.3) is 0 Å². The Kier molecular flexibility index (Phi) is 3.31. The van der Waals surface area contributed by atoms with Gasteiger partial charge in [-0.25, -0.2) is 0 Å². The van der Waals surface area contributed by atoms with Crippen molar-refractivity contribution in [3.8, 4) is 5.75 Å². The first-order valence-electron chi connectivity index (χ1n) is 4.77. The van der Waals surface area contributed by atoms with Crippen LogP contribution in [0.1, 0.15) is 17.4 Å². The molecule has 3 nitrogen and oxygen atoms in total. The molecule has 2 aromatic rings. The molecule has 0 saturated carbocycles. The van der Waals surface area contributed by atoms with Crippen molar-refractivity contribution < 1.29 is 14.3 Å². The Hall–Kier alpha value is -1.26. The molecule has 84 valence electrons. The molecule has 0 amide bonds. The van der Waals surface area contributed by atoms with Crippen molar-refractivity contribution in [1.82, 2.24) is 0 Å². The van der Waals surface area contributed by atoms with Gasteiger partial charge in [0.15, 0.2) is 0 Å². The number of rotatable bonds is 3. The van der Waals surface area contributed by atoms with E-state index in [9.17, 15) is 5.11 Å². The second-order valence-electron chi connectivity index (χ2n) is 3.31. The summed E-state index contributed by atoms with van der Waals surface area (Å²) in [4.78, 5) is 0. The molecule has 1 N–H and O–H groups in total. The van der Waals surface area contributed by atoms with E-state index < -0.39 is 6.10 Å². The van der Waals surface area contributed by atoms with Gasteiger partial charge in [-0.15, -0.1) is 0 Å². The molecule has 1 aromatic carbocycles. The van der Waals surface area contributed by atoms with Crippen LogP contribution in [-0.2, 0) is 0 Å². The minimum atomic E-state index is -0.753. The highest BCUT2D eigenvalue weighted by atomic mass is 79.9. The van der Waals surface area contributed by atoms with Crippen LogP contribution in [0.2, 0.25) is 0 Å². The average Bonchev–Trinajstić information content (AvgIpc) is 2.81. The molecule has 0 aliphatic rings. The molecule has 0 fully saturated rings. The number of benzene rings is 1. The summed E-state index contributed by atoms with van der Waals surface area (Å²) in [6, 6.07) is 8.90. The molecule has 1 unspecified atom stereocenters. The van der Waals surface area contributed by atoms with Crippen LogP contribution in [0.15, 0.2) is 45.5 Å². The second kappa shape index (κ2) is 4.72. The topological polar surface area (TPSA) is 42.6 Å². The SMILES string of the molecule is COc1ccc(C(O)c2ccco2)cc1Br. The lowest BCUT2D eigenvalue weighted by Crippen LogP contribution is -1.98. The van der Waals surface area contributed by atoms with Crippen LogP contribution in [0.5, 0.6) is 5.75 Å². The lowest BCUT2D eigenvalue weighted by atomic mass is 10.1. The van der Waals surface area contributed by atoms with Gasteiger partial charge in [0.05, 0.1) is 17.8 Å². The van der Waals surface area contributed by atoms with Gasteiger partial charge in [-0.1, -0.05) is 6.07 Å². The number of hydrogen-bond acceptors (Lipinski definition) is 3. The fourth-order valence-electron chi connectivity index (χ4n) is 1.46. The third kappa shape index (κ3) is 2.13. The maximum absolute atomic E-state index is 10.0. The first kappa shape index (κ1) is 11.2. The van der Waals surface area contributed by atoms with Crippen molar-refractivity contribution in [2.75, 3.05) is 7.11 Å². The highest BCUT2D eigenvalue weighted by molar-refractivity contribution is 9.10. The Morgan fingerprint density at radius 3 is 2.75 bits per heavy atom. The molecule has 16 heavy (non-hydrogen) atoms. The van der Waals surface area contributed by atoms with E-state index in [1.165, 1.54) is 6.26 Å². The van der Waals surface area contributed by atoms with Crippen LogP contribution in [0.25, 0.3) is 0 Å². The molecule has 0 saturated heterocycles. The largest absolute Gasteiger partial charge is 0.496 e. The van der Waals surface area contributed by atoms with E-state index in [-0.39, 0.29) is 0 Å². The predicted octanol–water partition coefficient (Wildman–Crippen LogP) is 3.13. The smallest absolute Gasteiger partial charge is 0.137 e. The Morgan fingerprint density at radius 2 is 2.19 bits per heavy atom. The predicted molar refractivity (Wildman–Crippen MR) is 63.5 cm³/mol. The molecule has 0 spiro atoms. The van der Waals surface area contributed by atoms with E-state index in [1.807, 2.05) is 6.07 Å². The number of hydrogen-bond donors (Lipinski definition) is 1. The van der Waals surface area contributed by atoms with Crippen molar-refractivity contribution in [1.29, 1.82) is 0 Å². The molecule has 4 heteroatoms. The minimum absolute atomic E-state index is 0.525. The zero-order valence-electron chi connectivity index (χ0n) is 8.68. The summed E-state index contributed by atoms with van der Waals surface area (Å²) in [6.07, 6.45) is 0.786. The lowest BCUT2D eigenvalue weighted by Gasteiger charge is -2.10. The third-order valence-electron chi connectivity index (χ3n) is 2.30. The molecule has 0 bridgehead atoms. The summed E-state index contributed by atoms with van der Waals surface area (Å²) in [5.41, 5.74) is 0.752. The van der Waals surface area contributed by atoms with Gasteiger partial charge < -0.3 is 14.3 Å². The van der Waals surface area contributed by atoms with Crippen molar-refractivity contribution in [3.05, 3.63) is 52.4 Å². The number of methoxy groups -OCH3 is 1. The Balaban J connectivity index is 2.31. The quantitative estimate of drug-likeness (QED) is 0.941. The first-order chi connectivity index (χ1) is 7.72. The lowest BCUT2D eigenvalue weighted by molar-refractivity contribution is 0.189. The van der Waals surface area contributed by atoms with E-state index in [0.29, 0.717) is 5.76 Å². The van der Waals surface area contributed by atoms with E-state index in [4.69, 9.17) is 9.15 Å². The van der Waals surface area contributed by atoms with E-state index >= 15 is 0 Å². The van der Waals surface area contributed by atoms with Gasteiger partial charge in [0, 0.05) is 0 Å². The van der Waals surface area contributed by atoms with Crippen LogP contribution in [-0.4, -0.2) is 12.2 Å². The summed E-state index contributed by atoms with van der Waals surface area (Å²) < 4.78 is 11.1. The Labute approximate surface area is 102 Å². The molecule has 1 aromatic heterocycles. The summed E-state index contributed by atoms with van der Waals surface area (Å²) >= 11 is 3.37. The van der Waals surface area contributed by atoms with Crippen LogP contribution in [0.4, 0.5) is 0 Å². The molecule has 0 aliphatic carbocycles. The van der Waals surface area contributed by atoms with Crippen LogP contribution in [0, 0.1) is 0 Å². The summed E-state index contributed by atoms with van der Waals surface area (Å²) in [7, 11) is 1.60. The molecule has 2 rings (SSSR count). The van der Waals surface area contributed by atoms with Crippen molar-refractivity contribution in [2.24, 2.45) is 0 Å². The Morgan fingerprint density at radius 1 is 1.38 bits per heavy atom. The maximum Gasteiger partial charge on any atom is 0.137 e. The number of ether oxygens (including phenoxy) is 1. The third-order valence-corrected chi connectivity index (χ3v) is 2.92. The van der Waals surface area contributed by atoms with Crippen molar-refractivity contribution in [3.63, 3.8) is 0 Å². The highest BCUT2D eigenvalue weighted by Crippen LogP contribution is 2.30. The van der Waals surface area contributed by atoms with Gasteiger partial charge in [-0.3, -0.25) is 0 Å². The number of aliphatic hydroxyl groups excluding tert-OH is 1. The second-order valence-corrected chi connectivity index (χ2v) is 4.17. The van der Waals surface area contributed by atoms with Crippen LogP contribution < -0.4 is 4.74 Å². The van der Waals surface area contributed by atoms with E-state index in [2.05, 4.69) is 15.9 Å². The molecular formula is C12H11BrO3. The number of aliphatic hydroxyl groups is 1. The molecule has 0 aliphatic heterocycles. The number of halogens is 1. The minimum Gasteiger partial charge on any atom is -0.496 e. The summed E-state index contributed by atoms with van der Waals surface area (Å²) in [6.45, 7) is 0. The standard InChI is InChI=1S/C12H11BrO3/c1-15-10-5-4-8(7-9(10)13)12(14)11-3-2-6-16-11/h2-7,12,14H,1H3. The summed E-state index contributed by atoms with van der Waals surface area (Å²) in [5, 5.41) is 10.0. The van der Waals surface area contributed by atoms with Crippen LogP contribution in [0.3, 0.4) is 0 Å². The molecule has 0 radical (unpaired) electrons. The van der Waals surface area contributed by atoms with E-state index in [0.717, 1.165) is 15.8 Å². The van der Waals surface area contributed by atoms with Gasteiger partial charge in [0.1, 0.15) is 17.6 Å². The highest BCUT2D eigenvalue weighted by Gasteiger charge is 2.14. The number of furan rings is 1. The molecule has 1 heterocycles. The van der Waals surface area contributed by atoms with Gasteiger partial charge in [-0.05, 0) is 45.8 Å². The van der Waals surface area contributed by atoms with E-state index in [1.54, 1.807) is 31.4 Å². The van der Waals surface area contributed by atoms with Crippen molar-refractivity contribution in [2.45, 2.75) is 6.10 Å². The first-order valence-corrected chi connectivity index (χ1v) is 5.56. The molecule has 1 atom stereocenters. The zero-order valence-corrected chi connectivity index (χ0v) is 10.3. The van der Waals surface area contributed by atoms with Crippen molar-refractivity contribution >= 4 is 15.9 Å². The van der Waals surface area contributed by atoms with Gasteiger partial charge in [-0.2, -0.15) is 0 Å². The van der Waals surface area contributed by atoms with Gasteiger partial charge in [0.2, 0.25) is 0 Å². The average molecular weight is 283 g/mol. The normalized spacial score (nSPS) is 12.4. The monoisotopic (exact) mass is 282 g/mol.